The largest absolute Gasteiger partial charge is 0.491 e. The molecule has 1 heterocycles. The van der Waals surface area contributed by atoms with Crippen LogP contribution in [0.4, 0.5) is 0 Å². The van der Waals surface area contributed by atoms with Gasteiger partial charge in [0.2, 0.25) is 0 Å². The summed E-state index contributed by atoms with van der Waals surface area (Å²) < 4.78 is 13.2. The smallest absolute Gasteiger partial charge is 0.120 e. The summed E-state index contributed by atoms with van der Waals surface area (Å²) in [6, 6.07) is 8.33. The van der Waals surface area contributed by atoms with Gasteiger partial charge in [-0.2, -0.15) is 0 Å². The van der Waals surface area contributed by atoms with Crippen molar-refractivity contribution < 1.29 is 9.47 Å². The standard InChI is InChI=1S/C15H21NO2/c1-11(2)18-14-5-6-15-13(9-14)7-8-16(15)10-12(3)17-4/h5-9,11-12H,10H2,1-4H3. The van der Waals surface area contributed by atoms with Crippen molar-refractivity contribution in [1.82, 2.24) is 4.57 Å². The van der Waals surface area contributed by atoms with Gasteiger partial charge in [-0.3, -0.25) is 0 Å². The van der Waals surface area contributed by atoms with Gasteiger partial charge in [-0.05, 0) is 45.0 Å². The first-order valence-corrected chi connectivity index (χ1v) is 6.38. The van der Waals surface area contributed by atoms with Crippen molar-refractivity contribution >= 4 is 10.9 Å². The Balaban J connectivity index is 2.26. The first-order valence-electron chi connectivity index (χ1n) is 6.38. The molecule has 2 aromatic rings. The molecule has 0 aliphatic heterocycles. The molecule has 1 unspecified atom stereocenters. The third kappa shape index (κ3) is 2.85. The van der Waals surface area contributed by atoms with Gasteiger partial charge in [-0.15, -0.1) is 0 Å². The second-order valence-corrected chi connectivity index (χ2v) is 4.90. The third-order valence-electron chi connectivity index (χ3n) is 2.97. The predicted molar refractivity (Wildman–Crippen MR) is 74.2 cm³/mol. The van der Waals surface area contributed by atoms with Gasteiger partial charge in [-0.25, -0.2) is 0 Å². The lowest BCUT2D eigenvalue weighted by Crippen LogP contribution is -2.13. The number of aromatic nitrogens is 1. The summed E-state index contributed by atoms with van der Waals surface area (Å²) in [5.41, 5.74) is 1.22. The first kappa shape index (κ1) is 13.0. The van der Waals surface area contributed by atoms with Gasteiger partial charge in [0.15, 0.2) is 0 Å². The number of hydrogen-bond donors (Lipinski definition) is 0. The number of ether oxygens (including phenoxy) is 2. The molecule has 3 heteroatoms. The second kappa shape index (κ2) is 5.44. The van der Waals surface area contributed by atoms with E-state index in [1.165, 1.54) is 10.9 Å². The van der Waals surface area contributed by atoms with Crippen LogP contribution in [0.5, 0.6) is 5.75 Å². The molecular formula is C15H21NO2. The van der Waals surface area contributed by atoms with Gasteiger partial charge in [0.25, 0.3) is 0 Å². The molecule has 0 radical (unpaired) electrons. The molecule has 0 fully saturated rings. The molecule has 1 aromatic heterocycles. The zero-order valence-electron chi connectivity index (χ0n) is 11.5. The minimum Gasteiger partial charge on any atom is -0.491 e. The Bertz CT molecular complexity index is 516. The van der Waals surface area contributed by atoms with Gasteiger partial charge < -0.3 is 14.0 Å². The third-order valence-corrected chi connectivity index (χ3v) is 2.97. The van der Waals surface area contributed by atoms with Gasteiger partial charge in [0, 0.05) is 30.8 Å². The maximum Gasteiger partial charge on any atom is 0.120 e. The molecule has 0 aliphatic carbocycles. The monoisotopic (exact) mass is 247 g/mol. The highest BCUT2D eigenvalue weighted by Crippen LogP contribution is 2.23. The summed E-state index contributed by atoms with van der Waals surface area (Å²) in [5.74, 6) is 0.926. The van der Waals surface area contributed by atoms with E-state index >= 15 is 0 Å². The molecule has 0 amide bonds. The number of hydrogen-bond acceptors (Lipinski definition) is 2. The van der Waals surface area contributed by atoms with Crippen molar-refractivity contribution in [2.75, 3.05) is 7.11 Å². The molecule has 18 heavy (non-hydrogen) atoms. The van der Waals surface area contributed by atoms with E-state index in [0.717, 1.165) is 12.3 Å². The van der Waals surface area contributed by atoms with Crippen LogP contribution in [0.3, 0.4) is 0 Å². The summed E-state index contributed by atoms with van der Waals surface area (Å²) in [7, 11) is 1.74. The Morgan fingerprint density at radius 1 is 1.17 bits per heavy atom. The van der Waals surface area contributed by atoms with Crippen LogP contribution in [0, 0.1) is 0 Å². The van der Waals surface area contributed by atoms with Crippen molar-refractivity contribution in [2.24, 2.45) is 0 Å². The Labute approximate surface area is 108 Å². The highest BCUT2D eigenvalue weighted by Gasteiger charge is 2.06. The highest BCUT2D eigenvalue weighted by molar-refractivity contribution is 5.81. The van der Waals surface area contributed by atoms with E-state index < -0.39 is 0 Å². The van der Waals surface area contributed by atoms with E-state index in [1.54, 1.807) is 7.11 Å². The minimum absolute atomic E-state index is 0.207. The topological polar surface area (TPSA) is 23.4 Å². The molecule has 3 nitrogen and oxygen atoms in total. The summed E-state index contributed by atoms with van der Waals surface area (Å²) in [5, 5.41) is 1.21. The predicted octanol–water partition coefficient (Wildman–Crippen LogP) is 3.46. The van der Waals surface area contributed by atoms with Gasteiger partial charge in [0.1, 0.15) is 5.75 Å². The van der Waals surface area contributed by atoms with E-state index in [0.29, 0.717) is 0 Å². The number of rotatable bonds is 5. The van der Waals surface area contributed by atoms with Gasteiger partial charge in [-0.1, -0.05) is 0 Å². The number of benzene rings is 1. The maximum absolute atomic E-state index is 5.70. The summed E-state index contributed by atoms with van der Waals surface area (Å²) in [6.07, 6.45) is 2.52. The van der Waals surface area contributed by atoms with E-state index in [1.807, 2.05) is 19.9 Å². The minimum atomic E-state index is 0.207. The zero-order chi connectivity index (χ0) is 13.1. The number of nitrogens with zero attached hydrogens (tertiary/aromatic N) is 1. The van der Waals surface area contributed by atoms with E-state index in [4.69, 9.17) is 9.47 Å². The van der Waals surface area contributed by atoms with Gasteiger partial charge in [0.05, 0.1) is 12.2 Å². The molecule has 0 aliphatic rings. The molecule has 0 saturated carbocycles. The van der Waals surface area contributed by atoms with Crippen LogP contribution in [0.2, 0.25) is 0 Å². The molecule has 0 N–H and O–H groups in total. The van der Waals surface area contributed by atoms with Crippen molar-refractivity contribution in [1.29, 1.82) is 0 Å². The van der Waals surface area contributed by atoms with Gasteiger partial charge >= 0.3 is 0 Å². The zero-order valence-corrected chi connectivity index (χ0v) is 11.5. The van der Waals surface area contributed by atoms with Crippen LogP contribution in [0.25, 0.3) is 10.9 Å². The van der Waals surface area contributed by atoms with Crippen LogP contribution < -0.4 is 4.74 Å². The van der Waals surface area contributed by atoms with Crippen molar-refractivity contribution in [3.63, 3.8) is 0 Å². The second-order valence-electron chi connectivity index (χ2n) is 4.90. The van der Waals surface area contributed by atoms with E-state index in [9.17, 15) is 0 Å². The molecular weight excluding hydrogens is 226 g/mol. The van der Waals surface area contributed by atoms with E-state index in [2.05, 4.69) is 35.9 Å². The van der Waals surface area contributed by atoms with Crippen LogP contribution in [0.15, 0.2) is 30.5 Å². The Hall–Kier alpha value is -1.48. The average Bonchev–Trinajstić information content (AvgIpc) is 2.71. The molecule has 0 spiro atoms. The molecule has 0 bridgehead atoms. The normalized spacial score (nSPS) is 13.2. The van der Waals surface area contributed by atoms with Crippen LogP contribution in [-0.4, -0.2) is 23.9 Å². The molecule has 98 valence electrons. The fraction of sp³-hybridized carbons (Fsp3) is 0.467. The fourth-order valence-electron chi connectivity index (χ4n) is 2.03. The lowest BCUT2D eigenvalue weighted by molar-refractivity contribution is 0.104. The Kier molecular flexibility index (Phi) is 3.92. The van der Waals surface area contributed by atoms with Crippen molar-refractivity contribution in [2.45, 2.75) is 39.5 Å². The maximum atomic E-state index is 5.70. The number of fused-ring (bicyclic) bond motifs is 1. The Morgan fingerprint density at radius 3 is 2.61 bits per heavy atom. The molecule has 1 aromatic carbocycles. The van der Waals surface area contributed by atoms with Crippen LogP contribution in [-0.2, 0) is 11.3 Å². The summed E-state index contributed by atoms with van der Waals surface area (Å²) in [6.45, 7) is 7.01. The van der Waals surface area contributed by atoms with Crippen LogP contribution >= 0.6 is 0 Å². The lowest BCUT2D eigenvalue weighted by Gasteiger charge is -2.12. The molecule has 1 atom stereocenters. The molecule has 0 saturated heterocycles. The van der Waals surface area contributed by atoms with Crippen molar-refractivity contribution in [3.8, 4) is 5.75 Å². The fourth-order valence-corrected chi connectivity index (χ4v) is 2.03. The Morgan fingerprint density at radius 2 is 1.94 bits per heavy atom. The first-order chi connectivity index (χ1) is 8.60. The SMILES string of the molecule is COC(C)Cn1ccc2cc(OC(C)C)ccc21. The molecule has 2 rings (SSSR count). The summed E-state index contributed by atoms with van der Waals surface area (Å²) >= 11 is 0. The lowest BCUT2D eigenvalue weighted by atomic mass is 10.2. The van der Waals surface area contributed by atoms with Crippen LogP contribution in [0.1, 0.15) is 20.8 Å². The number of methoxy groups -OCH3 is 1. The quantitative estimate of drug-likeness (QED) is 0.807. The van der Waals surface area contributed by atoms with E-state index in [-0.39, 0.29) is 12.2 Å². The summed E-state index contributed by atoms with van der Waals surface area (Å²) in [4.78, 5) is 0. The van der Waals surface area contributed by atoms with Crippen molar-refractivity contribution in [3.05, 3.63) is 30.5 Å². The highest BCUT2D eigenvalue weighted by atomic mass is 16.5. The average molecular weight is 247 g/mol.